The SMILES string of the molecule is CC(C)(C)NC(=O)CN1CCN(CC(=O)NC(C)(C)C)CC1. The van der Waals surface area contributed by atoms with Crippen molar-refractivity contribution in [2.45, 2.75) is 52.6 Å². The predicted octanol–water partition coefficient (Wildman–Crippen LogP) is 0.433. The number of nitrogens with one attached hydrogen (secondary N) is 2. The van der Waals surface area contributed by atoms with Gasteiger partial charge in [-0.2, -0.15) is 0 Å². The lowest BCUT2D eigenvalue weighted by atomic mass is 10.1. The zero-order valence-electron chi connectivity index (χ0n) is 15.0. The molecule has 1 saturated heterocycles. The summed E-state index contributed by atoms with van der Waals surface area (Å²) < 4.78 is 0. The monoisotopic (exact) mass is 312 g/mol. The molecule has 1 aliphatic heterocycles. The third-order valence-corrected chi connectivity index (χ3v) is 3.23. The van der Waals surface area contributed by atoms with E-state index in [0.29, 0.717) is 13.1 Å². The number of rotatable bonds is 4. The molecule has 2 N–H and O–H groups in total. The minimum absolute atomic E-state index is 0.0615. The Morgan fingerprint density at radius 3 is 1.23 bits per heavy atom. The number of amides is 2. The van der Waals surface area contributed by atoms with E-state index in [4.69, 9.17) is 0 Å². The van der Waals surface area contributed by atoms with E-state index >= 15 is 0 Å². The van der Waals surface area contributed by atoms with Gasteiger partial charge in [0, 0.05) is 37.3 Å². The molecule has 0 aliphatic carbocycles. The van der Waals surface area contributed by atoms with Gasteiger partial charge in [0.2, 0.25) is 11.8 Å². The molecule has 1 heterocycles. The van der Waals surface area contributed by atoms with Crippen LogP contribution in [0.15, 0.2) is 0 Å². The van der Waals surface area contributed by atoms with Crippen molar-refractivity contribution in [1.29, 1.82) is 0 Å². The van der Waals surface area contributed by atoms with Crippen molar-refractivity contribution in [3.05, 3.63) is 0 Å². The van der Waals surface area contributed by atoms with Crippen molar-refractivity contribution in [2.75, 3.05) is 39.3 Å². The molecule has 0 spiro atoms. The van der Waals surface area contributed by atoms with Crippen LogP contribution in [0.2, 0.25) is 0 Å². The smallest absolute Gasteiger partial charge is 0.234 e. The Morgan fingerprint density at radius 2 is 1.00 bits per heavy atom. The van der Waals surface area contributed by atoms with E-state index in [2.05, 4.69) is 20.4 Å². The molecule has 0 aromatic heterocycles. The Labute approximate surface area is 134 Å². The van der Waals surface area contributed by atoms with Crippen LogP contribution in [0.3, 0.4) is 0 Å². The van der Waals surface area contributed by atoms with Crippen molar-refractivity contribution in [3.63, 3.8) is 0 Å². The summed E-state index contributed by atoms with van der Waals surface area (Å²) in [6.07, 6.45) is 0. The van der Waals surface area contributed by atoms with Gasteiger partial charge in [-0.3, -0.25) is 19.4 Å². The first kappa shape index (κ1) is 18.9. The summed E-state index contributed by atoms with van der Waals surface area (Å²) in [7, 11) is 0. The molecule has 0 unspecified atom stereocenters. The van der Waals surface area contributed by atoms with Gasteiger partial charge in [0.1, 0.15) is 0 Å². The Hall–Kier alpha value is -1.14. The summed E-state index contributed by atoms with van der Waals surface area (Å²) in [5.41, 5.74) is -0.381. The molecule has 0 radical (unpaired) electrons. The first-order chi connectivity index (χ1) is 9.94. The number of carbonyl (C=O) groups excluding carboxylic acids is 2. The number of carbonyl (C=O) groups is 2. The maximum atomic E-state index is 11.9. The first-order valence-electron chi connectivity index (χ1n) is 8.01. The van der Waals surface area contributed by atoms with Gasteiger partial charge >= 0.3 is 0 Å². The van der Waals surface area contributed by atoms with E-state index in [-0.39, 0.29) is 22.9 Å². The maximum absolute atomic E-state index is 11.9. The molecule has 1 rings (SSSR count). The summed E-state index contributed by atoms with van der Waals surface area (Å²) in [6, 6.07) is 0. The quantitative estimate of drug-likeness (QED) is 0.790. The van der Waals surface area contributed by atoms with Crippen LogP contribution in [-0.4, -0.2) is 72.0 Å². The van der Waals surface area contributed by atoms with Gasteiger partial charge in [-0.05, 0) is 41.5 Å². The Bertz CT molecular complexity index is 350. The van der Waals surface area contributed by atoms with Crippen molar-refractivity contribution >= 4 is 11.8 Å². The van der Waals surface area contributed by atoms with Crippen LogP contribution in [0, 0.1) is 0 Å². The molecule has 0 bridgehead atoms. The van der Waals surface area contributed by atoms with Gasteiger partial charge in [-0.1, -0.05) is 0 Å². The molecular formula is C16H32N4O2. The van der Waals surface area contributed by atoms with Crippen LogP contribution in [0.1, 0.15) is 41.5 Å². The van der Waals surface area contributed by atoms with Gasteiger partial charge in [-0.15, -0.1) is 0 Å². The fourth-order valence-corrected chi connectivity index (χ4v) is 2.43. The van der Waals surface area contributed by atoms with Crippen LogP contribution in [0.4, 0.5) is 0 Å². The topological polar surface area (TPSA) is 64.7 Å². The number of piperazine rings is 1. The normalized spacial score (nSPS) is 18.1. The predicted molar refractivity (Wildman–Crippen MR) is 88.7 cm³/mol. The van der Waals surface area contributed by atoms with E-state index in [0.717, 1.165) is 26.2 Å². The van der Waals surface area contributed by atoms with Crippen LogP contribution >= 0.6 is 0 Å². The highest BCUT2D eigenvalue weighted by molar-refractivity contribution is 5.79. The highest BCUT2D eigenvalue weighted by atomic mass is 16.2. The zero-order chi connectivity index (χ0) is 17.0. The molecule has 6 nitrogen and oxygen atoms in total. The fraction of sp³-hybridized carbons (Fsp3) is 0.875. The largest absolute Gasteiger partial charge is 0.350 e. The zero-order valence-corrected chi connectivity index (χ0v) is 15.0. The van der Waals surface area contributed by atoms with Gasteiger partial charge in [-0.25, -0.2) is 0 Å². The van der Waals surface area contributed by atoms with Crippen molar-refractivity contribution in [1.82, 2.24) is 20.4 Å². The van der Waals surface area contributed by atoms with Crippen molar-refractivity contribution in [3.8, 4) is 0 Å². The van der Waals surface area contributed by atoms with Crippen LogP contribution in [0.5, 0.6) is 0 Å². The van der Waals surface area contributed by atoms with Crippen molar-refractivity contribution in [2.24, 2.45) is 0 Å². The molecule has 0 atom stereocenters. The van der Waals surface area contributed by atoms with E-state index in [1.54, 1.807) is 0 Å². The van der Waals surface area contributed by atoms with E-state index in [1.165, 1.54) is 0 Å². The molecule has 22 heavy (non-hydrogen) atoms. The summed E-state index contributed by atoms with van der Waals surface area (Å²) in [6.45, 7) is 16.0. The van der Waals surface area contributed by atoms with E-state index in [1.807, 2.05) is 41.5 Å². The average Bonchev–Trinajstić information content (AvgIpc) is 2.26. The highest BCUT2D eigenvalue weighted by Gasteiger charge is 2.23. The molecule has 1 fully saturated rings. The third-order valence-electron chi connectivity index (χ3n) is 3.23. The number of hydrogen-bond acceptors (Lipinski definition) is 4. The summed E-state index contributed by atoms with van der Waals surface area (Å²) in [5.74, 6) is 0.123. The lowest BCUT2D eigenvalue weighted by Gasteiger charge is -2.35. The molecule has 1 aliphatic rings. The lowest BCUT2D eigenvalue weighted by molar-refractivity contribution is -0.126. The second-order valence-corrected chi connectivity index (χ2v) is 8.15. The Kier molecular flexibility index (Phi) is 6.38. The molecular weight excluding hydrogens is 280 g/mol. The highest BCUT2D eigenvalue weighted by Crippen LogP contribution is 2.04. The molecule has 2 amide bonds. The van der Waals surface area contributed by atoms with Gasteiger partial charge in [0.15, 0.2) is 0 Å². The lowest BCUT2D eigenvalue weighted by Crippen LogP contribution is -2.54. The minimum atomic E-state index is -0.191. The molecule has 128 valence electrons. The summed E-state index contributed by atoms with van der Waals surface area (Å²) >= 11 is 0. The third kappa shape index (κ3) is 8.34. The molecule has 6 heteroatoms. The van der Waals surface area contributed by atoms with Crippen LogP contribution in [0.25, 0.3) is 0 Å². The average molecular weight is 312 g/mol. The number of hydrogen-bond donors (Lipinski definition) is 2. The fourth-order valence-electron chi connectivity index (χ4n) is 2.43. The van der Waals surface area contributed by atoms with Crippen LogP contribution in [-0.2, 0) is 9.59 Å². The number of nitrogens with zero attached hydrogens (tertiary/aromatic N) is 2. The Balaban J connectivity index is 2.29. The molecule has 0 aromatic carbocycles. The van der Waals surface area contributed by atoms with Gasteiger partial charge in [0.25, 0.3) is 0 Å². The standard InChI is InChI=1S/C16H32N4O2/c1-15(2,3)17-13(21)11-19-7-9-20(10-8-19)12-14(22)18-16(4,5)6/h7-12H2,1-6H3,(H,17,21)(H,18,22). The summed E-state index contributed by atoms with van der Waals surface area (Å²) in [5, 5.41) is 5.95. The van der Waals surface area contributed by atoms with E-state index < -0.39 is 0 Å². The first-order valence-corrected chi connectivity index (χ1v) is 8.01. The second kappa shape index (κ2) is 7.42. The van der Waals surface area contributed by atoms with E-state index in [9.17, 15) is 9.59 Å². The summed E-state index contributed by atoms with van der Waals surface area (Å²) in [4.78, 5) is 28.1. The van der Waals surface area contributed by atoms with Gasteiger partial charge < -0.3 is 10.6 Å². The molecule has 0 aromatic rings. The second-order valence-electron chi connectivity index (χ2n) is 8.15. The maximum Gasteiger partial charge on any atom is 0.234 e. The van der Waals surface area contributed by atoms with Gasteiger partial charge in [0.05, 0.1) is 13.1 Å². The van der Waals surface area contributed by atoms with Crippen molar-refractivity contribution < 1.29 is 9.59 Å². The van der Waals surface area contributed by atoms with Crippen LogP contribution < -0.4 is 10.6 Å². The minimum Gasteiger partial charge on any atom is -0.350 e. The Morgan fingerprint density at radius 1 is 0.727 bits per heavy atom. The molecule has 0 saturated carbocycles.